The van der Waals surface area contributed by atoms with Crippen molar-refractivity contribution in [2.75, 3.05) is 32.3 Å². The molecule has 0 radical (unpaired) electrons. The Morgan fingerprint density at radius 2 is 1.88 bits per heavy atom. The molecule has 0 spiro atoms. The number of aromatic nitrogens is 1. The van der Waals surface area contributed by atoms with Gasteiger partial charge in [-0.2, -0.15) is 4.58 Å². The van der Waals surface area contributed by atoms with Gasteiger partial charge in [-0.1, -0.05) is 48.5 Å². The Labute approximate surface area is 276 Å². The highest BCUT2D eigenvalue weighted by Gasteiger charge is 2.41. The van der Waals surface area contributed by atoms with Crippen LogP contribution in [-0.4, -0.2) is 65.4 Å². The number of fused-ring (bicyclic) bond motifs is 4. The lowest BCUT2D eigenvalue weighted by molar-refractivity contribution is -0.591. The molecule has 3 aliphatic rings. The number of carbonyl (C=O) groups excluding carboxylic acids is 2. The quantitative estimate of drug-likeness (QED) is 0.228. The average molecular weight is 677 g/mol. The maximum absolute atomic E-state index is 15.4. The third-order valence-corrected chi connectivity index (χ3v) is 9.54. The van der Waals surface area contributed by atoms with Crippen LogP contribution in [0.3, 0.4) is 0 Å². The molecule has 3 aromatic carbocycles. The van der Waals surface area contributed by atoms with E-state index in [0.29, 0.717) is 11.1 Å². The fraction of sp³-hybridized carbons (Fsp3) is 0.235. The van der Waals surface area contributed by atoms with Gasteiger partial charge >= 0.3 is 18.0 Å². The third kappa shape index (κ3) is 5.56. The molecule has 11 nitrogen and oxygen atoms in total. The normalized spacial score (nSPS) is 17.0. The van der Waals surface area contributed by atoms with Crippen LogP contribution >= 0.6 is 11.8 Å². The molecule has 48 heavy (non-hydrogen) atoms. The molecule has 14 heteroatoms. The van der Waals surface area contributed by atoms with E-state index in [4.69, 9.17) is 18.9 Å². The molecule has 3 aliphatic heterocycles. The number of methoxy groups -OCH3 is 1. The van der Waals surface area contributed by atoms with E-state index in [9.17, 15) is 19.5 Å². The Balaban J connectivity index is 1.37. The van der Waals surface area contributed by atoms with E-state index in [2.05, 4.69) is 5.43 Å². The van der Waals surface area contributed by atoms with Gasteiger partial charge in [-0.25, -0.2) is 23.0 Å². The Morgan fingerprint density at radius 3 is 2.67 bits per heavy atom. The molecule has 0 saturated carbocycles. The minimum atomic E-state index is -1.51. The summed E-state index contributed by atoms with van der Waals surface area (Å²) in [6.45, 7) is 0.611. The molecule has 246 valence electrons. The second-order valence-electron chi connectivity index (χ2n) is 11.2. The van der Waals surface area contributed by atoms with Crippen LogP contribution in [0.5, 0.6) is 5.75 Å². The Kier molecular flexibility index (Phi) is 8.35. The number of nitrogens with one attached hydrogen (secondary N) is 1. The van der Waals surface area contributed by atoms with Crippen molar-refractivity contribution >= 4 is 29.8 Å². The topological polar surface area (TPSA) is 128 Å². The first kappa shape index (κ1) is 31.4. The average Bonchev–Trinajstić information content (AvgIpc) is 3.30. The van der Waals surface area contributed by atoms with Crippen molar-refractivity contribution in [2.45, 2.75) is 29.3 Å². The van der Waals surface area contributed by atoms with Crippen LogP contribution in [0.25, 0.3) is 11.3 Å². The summed E-state index contributed by atoms with van der Waals surface area (Å²) in [5.74, 6) is -3.88. The number of aliphatic hydroxyl groups excluding tert-OH is 1. The smallest absolute Gasteiger partial charge is 0.466 e. The van der Waals surface area contributed by atoms with Gasteiger partial charge in [0, 0.05) is 33.4 Å². The molecule has 0 amide bonds. The van der Waals surface area contributed by atoms with E-state index < -0.39 is 53.1 Å². The Morgan fingerprint density at radius 1 is 1.10 bits per heavy atom. The molecule has 2 atom stereocenters. The number of carbonyl (C=O) groups is 2. The largest absolute Gasteiger partial charge is 0.515 e. The second kappa shape index (κ2) is 12.8. The number of thioether (sulfide) groups is 1. The molecule has 1 unspecified atom stereocenters. The summed E-state index contributed by atoms with van der Waals surface area (Å²) in [6, 6.07) is 17.7. The number of pyridine rings is 1. The lowest BCUT2D eigenvalue weighted by Crippen LogP contribution is -2.54. The molecule has 4 heterocycles. The van der Waals surface area contributed by atoms with Gasteiger partial charge in [0.1, 0.15) is 13.2 Å². The molecule has 1 aromatic heterocycles. The number of rotatable bonds is 5. The summed E-state index contributed by atoms with van der Waals surface area (Å²) < 4.78 is 54.7. The molecule has 7 rings (SSSR count). The number of ether oxygens (including phenoxy) is 4. The van der Waals surface area contributed by atoms with Gasteiger partial charge in [0.15, 0.2) is 18.2 Å². The number of benzene rings is 3. The molecule has 4 aromatic rings. The van der Waals surface area contributed by atoms with Crippen LogP contribution in [-0.2, 0) is 31.2 Å². The van der Waals surface area contributed by atoms with Gasteiger partial charge in [-0.15, -0.1) is 11.8 Å². The molecule has 2 N–H and O–H groups in total. The van der Waals surface area contributed by atoms with Crippen molar-refractivity contribution in [3.8, 4) is 17.0 Å². The zero-order chi connectivity index (χ0) is 33.5. The van der Waals surface area contributed by atoms with Crippen molar-refractivity contribution in [2.24, 2.45) is 0 Å². The fourth-order valence-electron chi connectivity index (χ4n) is 6.09. The van der Waals surface area contributed by atoms with Crippen LogP contribution in [0.1, 0.15) is 34.1 Å². The van der Waals surface area contributed by atoms with E-state index >= 15 is 8.78 Å². The van der Waals surface area contributed by atoms with E-state index in [0.717, 1.165) is 29.7 Å². The summed E-state index contributed by atoms with van der Waals surface area (Å²) >= 11 is 1.38. The second-order valence-corrected chi connectivity index (χ2v) is 12.2. The standard InChI is InChI=1S/C34H27F2N3O8S/c1-44-33(42)30(18-7-3-2-4-8-18)46-34(43)47-31-25(40)15-24(39-29(31)32(41)38-11-12-45-16-27(38)37-39)21-14-23(35)28(36)22-17-48-26-10-6-5-9-19(26)13-20(21)22/h2-10,14-15,27,30,37H,11-13,16-17H2,1H3/p+1/t27?,30-/m1/s1. The van der Waals surface area contributed by atoms with Crippen molar-refractivity contribution in [3.05, 3.63) is 117 Å². The number of hydrogen-bond donors (Lipinski definition) is 2. The summed E-state index contributed by atoms with van der Waals surface area (Å²) in [5, 5.41) is 11.6. The van der Waals surface area contributed by atoms with Crippen molar-refractivity contribution in [3.63, 3.8) is 0 Å². The number of esters is 1. The molecular weight excluding hydrogens is 648 g/mol. The number of morpholine rings is 1. The maximum atomic E-state index is 15.4. The molecule has 1 fully saturated rings. The van der Waals surface area contributed by atoms with E-state index in [1.807, 2.05) is 24.3 Å². The van der Waals surface area contributed by atoms with Crippen LogP contribution < -0.4 is 15.6 Å². The first-order valence-corrected chi connectivity index (χ1v) is 15.9. The van der Waals surface area contributed by atoms with E-state index in [1.54, 1.807) is 30.3 Å². The minimum Gasteiger partial charge on any atom is -0.466 e. The monoisotopic (exact) mass is 676 g/mol. The van der Waals surface area contributed by atoms with Gasteiger partial charge in [-0.05, 0) is 29.7 Å². The van der Waals surface area contributed by atoms with Crippen LogP contribution in [0.15, 0.2) is 76.4 Å². The summed E-state index contributed by atoms with van der Waals surface area (Å²) in [6.07, 6.45) is -3.33. The molecule has 0 bridgehead atoms. The third-order valence-electron chi connectivity index (χ3n) is 8.40. The first-order chi connectivity index (χ1) is 23.2. The van der Waals surface area contributed by atoms with Crippen molar-refractivity contribution < 1.29 is 47.0 Å². The number of nitrogens with zero attached hydrogens (tertiary/aromatic N) is 2. The van der Waals surface area contributed by atoms with Gasteiger partial charge in [0.05, 0.1) is 12.8 Å². The van der Waals surface area contributed by atoms with Crippen LogP contribution in [0.4, 0.5) is 13.6 Å². The maximum Gasteiger partial charge on any atom is 0.515 e. The first-order valence-electron chi connectivity index (χ1n) is 14.9. The van der Waals surface area contributed by atoms with Crippen LogP contribution in [0, 0.1) is 11.6 Å². The van der Waals surface area contributed by atoms with Crippen molar-refractivity contribution in [1.82, 2.24) is 4.68 Å². The highest BCUT2D eigenvalue weighted by atomic mass is 32.2. The van der Waals surface area contributed by atoms with Crippen molar-refractivity contribution in [1.29, 1.82) is 0 Å². The lowest BCUT2D eigenvalue weighted by Gasteiger charge is -2.31. The predicted molar refractivity (Wildman–Crippen MR) is 169 cm³/mol. The molecule has 0 aliphatic carbocycles. The molecule has 1 saturated heterocycles. The van der Waals surface area contributed by atoms with Crippen LogP contribution in [0.2, 0.25) is 0 Å². The minimum absolute atomic E-state index is 0.0868. The molecular formula is C34H28F2N3O8S+. The number of halogens is 2. The van der Waals surface area contributed by atoms with Gasteiger partial charge in [0.25, 0.3) is 6.17 Å². The zero-order valence-corrected chi connectivity index (χ0v) is 26.2. The Bertz CT molecular complexity index is 2050. The fourth-order valence-corrected chi connectivity index (χ4v) is 7.19. The lowest BCUT2D eigenvalue weighted by atomic mass is 9.92. The Hall–Kier alpha value is -5.21. The number of aliphatic hydroxyl groups is 1. The van der Waals surface area contributed by atoms with Gasteiger partial charge in [-0.3, -0.25) is 10.2 Å². The van der Waals surface area contributed by atoms with Gasteiger partial charge in [0.2, 0.25) is 23.0 Å². The zero-order valence-electron chi connectivity index (χ0n) is 25.4. The van der Waals surface area contributed by atoms with E-state index in [1.165, 1.54) is 21.0 Å². The summed E-state index contributed by atoms with van der Waals surface area (Å²) in [4.78, 5) is 40.5. The predicted octanol–water partition coefficient (Wildman–Crippen LogP) is 4.65. The number of hydrogen-bond acceptors (Lipinski definition) is 9. The highest BCUT2D eigenvalue weighted by molar-refractivity contribution is 7.98. The summed E-state index contributed by atoms with van der Waals surface area (Å²) in [7, 11) is 1.13. The highest BCUT2D eigenvalue weighted by Crippen LogP contribution is 2.40. The van der Waals surface area contributed by atoms with E-state index in [-0.39, 0.29) is 54.4 Å². The SMILES string of the molecule is COC(=O)[C@H](OC(=O)Oc1c2n(c(-c3cc(F)c(F)c4c3Cc3ccccc3SC4)cc1=O)NC1COCC[N+]1=C2O)c1ccccc1. The van der Waals surface area contributed by atoms with Gasteiger partial charge < -0.3 is 24.1 Å². The summed E-state index contributed by atoms with van der Waals surface area (Å²) in [5.41, 5.74) is 4.13.